The van der Waals surface area contributed by atoms with Gasteiger partial charge in [-0.2, -0.15) is 8.78 Å². The number of carbonyl (C=O) groups excluding carboxylic acids is 1. The first kappa shape index (κ1) is 19.6. The number of hydrogen-bond acceptors (Lipinski definition) is 8. The fourth-order valence-corrected chi connectivity index (χ4v) is 2.97. The minimum Gasteiger partial charge on any atom is -0.435 e. The Morgan fingerprint density at radius 1 is 1.32 bits per heavy atom. The van der Waals surface area contributed by atoms with Crippen molar-refractivity contribution in [1.82, 2.24) is 20.0 Å². The summed E-state index contributed by atoms with van der Waals surface area (Å²) < 4.78 is 34.9. The molecular weight excluding hydrogens is 394 g/mol. The molecule has 0 bridgehead atoms. The van der Waals surface area contributed by atoms with Crippen LogP contribution < -0.4 is 15.9 Å². The molecule has 2 aromatic heterocycles. The average Bonchev–Trinajstić information content (AvgIpc) is 3.21. The molecule has 1 aromatic carbocycles. The number of nitrogen functional groups attached to an aromatic ring is 1. The van der Waals surface area contributed by atoms with E-state index in [2.05, 4.69) is 25.4 Å². The summed E-state index contributed by atoms with van der Waals surface area (Å²) in [7, 11) is 0. The van der Waals surface area contributed by atoms with Crippen LogP contribution in [-0.2, 0) is 4.79 Å². The maximum atomic E-state index is 12.3. The Morgan fingerprint density at radius 3 is 2.64 bits per heavy atom. The summed E-state index contributed by atoms with van der Waals surface area (Å²) >= 11 is 1.10. The standard InChI is InChI=1S/C16H16F2N6O3S/c1-8-7-12(23-27-8)20-14(25)9(2)28-16-22-21-13(24(16)19)10-3-5-11(6-4-10)26-15(17)18/h3-7,9,15H,19H2,1-2H3,(H,20,23,25). The molecule has 0 radical (unpaired) electrons. The summed E-state index contributed by atoms with van der Waals surface area (Å²) in [6.45, 7) is 0.490. The van der Waals surface area contributed by atoms with Gasteiger partial charge in [-0.15, -0.1) is 10.2 Å². The van der Waals surface area contributed by atoms with Crippen LogP contribution in [0.3, 0.4) is 0 Å². The van der Waals surface area contributed by atoms with Crippen LogP contribution >= 0.6 is 11.8 Å². The van der Waals surface area contributed by atoms with Crippen molar-refractivity contribution in [3.05, 3.63) is 36.1 Å². The van der Waals surface area contributed by atoms with Gasteiger partial charge in [0.05, 0.1) is 5.25 Å². The number of aromatic nitrogens is 4. The van der Waals surface area contributed by atoms with Gasteiger partial charge in [0.2, 0.25) is 11.1 Å². The third kappa shape index (κ3) is 4.57. The molecule has 0 spiro atoms. The largest absolute Gasteiger partial charge is 0.435 e. The maximum absolute atomic E-state index is 12.3. The average molecular weight is 410 g/mol. The van der Waals surface area contributed by atoms with E-state index >= 15 is 0 Å². The SMILES string of the molecule is Cc1cc(NC(=O)C(C)Sc2nnc(-c3ccc(OC(F)F)cc3)n2N)no1. The van der Waals surface area contributed by atoms with Gasteiger partial charge >= 0.3 is 6.61 Å². The number of thioether (sulfide) groups is 1. The molecule has 28 heavy (non-hydrogen) atoms. The van der Waals surface area contributed by atoms with Crippen molar-refractivity contribution in [3.63, 3.8) is 0 Å². The predicted octanol–water partition coefficient (Wildman–Crippen LogP) is 2.68. The van der Waals surface area contributed by atoms with E-state index in [9.17, 15) is 13.6 Å². The van der Waals surface area contributed by atoms with Crippen LogP contribution in [0.4, 0.5) is 14.6 Å². The van der Waals surface area contributed by atoms with E-state index in [0.717, 1.165) is 11.8 Å². The lowest BCUT2D eigenvalue weighted by atomic mass is 10.2. The van der Waals surface area contributed by atoms with Crippen molar-refractivity contribution in [2.45, 2.75) is 30.9 Å². The molecule has 0 aliphatic heterocycles. The number of ether oxygens (including phenoxy) is 1. The normalized spacial score (nSPS) is 12.2. The highest BCUT2D eigenvalue weighted by atomic mass is 32.2. The Hall–Kier alpha value is -3.15. The van der Waals surface area contributed by atoms with Crippen LogP contribution in [0.15, 0.2) is 40.0 Å². The van der Waals surface area contributed by atoms with Crippen LogP contribution in [0.1, 0.15) is 12.7 Å². The summed E-state index contributed by atoms with van der Waals surface area (Å²) in [5.74, 6) is 6.93. The van der Waals surface area contributed by atoms with Crippen LogP contribution in [0.5, 0.6) is 5.75 Å². The molecule has 1 amide bonds. The van der Waals surface area contributed by atoms with Gasteiger partial charge in [-0.1, -0.05) is 16.9 Å². The molecule has 3 rings (SSSR count). The van der Waals surface area contributed by atoms with Gasteiger partial charge in [0.1, 0.15) is 11.5 Å². The first-order valence-corrected chi connectivity index (χ1v) is 8.88. The zero-order valence-electron chi connectivity index (χ0n) is 14.8. The van der Waals surface area contributed by atoms with Crippen molar-refractivity contribution >= 4 is 23.5 Å². The number of nitrogens with zero attached hydrogens (tertiary/aromatic N) is 4. The number of aryl methyl sites for hydroxylation is 1. The molecule has 3 aromatic rings. The van der Waals surface area contributed by atoms with Crippen LogP contribution in [0.2, 0.25) is 0 Å². The van der Waals surface area contributed by atoms with Crippen molar-refractivity contribution in [2.24, 2.45) is 0 Å². The molecule has 0 fully saturated rings. The summed E-state index contributed by atoms with van der Waals surface area (Å²) in [6.07, 6.45) is 0. The first-order valence-electron chi connectivity index (χ1n) is 8.00. The van der Waals surface area contributed by atoms with Crippen molar-refractivity contribution in [1.29, 1.82) is 0 Å². The van der Waals surface area contributed by atoms with Crippen LogP contribution in [-0.4, -0.2) is 37.8 Å². The fourth-order valence-electron chi connectivity index (χ4n) is 2.20. The van der Waals surface area contributed by atoms with Crippen LogP contribution in [0, 0.1) is 6.92 Å². The number of alkyl halides is 2. The molecule has 2 heterocycles. The first-order chi connectivity index (χ1) is 13.3. The molecule has 12 heteroatoms. The number of carbonyl (C=O) groups is 1. The predicted molar refractivity (Wildman–Crippen MR) is 97.4 cm³/mol. The van der Waals surface area contributed by atoms with Gasteiger partial charge in [-0.25, -0.2) is 4.68 Å². The van der Waals surface area contributed by atoms with Crippen molar-refractivity contribution < 1.29 is 22.8 Å². The molecule has 0 aliphatic carbocycles. The molecule has 148 valence electrons. The van der Waals surface area contributed by atoms with Gasteiger partial charge in [0.15, 0.2) is 11.6 Å². The lowest BCUT2D eigenvalue weighted by Gasteiger charge is -2.10. The number of rotatable bonds is 7. The van der Waals surface area contributed by atoms with Crippen molar-refractivity contribution in [2.75, 3.05) is 11.2 Å². The van der Waals surface area contributed by atoms with E-state index in [-0.39, 0.29) is 11.7 Å². The summed E-state index contributed by atoms with van der Waals surface area (Å²) in [4.78, 5) is 12.3. The lowest BCUT2D eigenvalue weighted by Crippen LogP contribution is -2.23. The number of amides is 1. The molecule has 0 aliphatic rings. The number of benzene rings is 1. The topological polar surface area (TPSA) is 121 Å². The highest BCUT2D eigenvalue weighted by Crippen LogP contribution is 2.26. The Kier molecular flexibility index (Phi) is 5.78. The number of nitrogens with one attached hydrogen (secondary N) is 1. The van der Waals surface area contributed by atoms with Gasteiger partial charge < -0.3 is 20.4 Å². The molecular formula is C16H16F2N6O3S. The second-order valence-electron chi connectivity index (χ2n) is 5.65. The molecule has 3 N–H and O–H groups in total. The van der Waals surface area contributed by atoms with E-state index in [0.29, 0.717) is 28.1 Å². The second-order valence-corrected chi connectivity index (χ2v) is 6.96. The molecule has 1 unspecified atom stereocenters. The zero-order valence-corrected chi connectivity index (χ0v) is 15.6. The van der Waals surface area contributed by atoms with Gasteiger partial charge in [-0.3, -0.25) is 4.79 Å². The summed E-state index contributed by atoms with van der Waals surface area (Å²) in [5.41, 5.74) is 0.554. The highest BCUT2D eigenvalue weighted by molar-refractivity contribution is 8.00. The third-order valence-corrected chi connectivity index (χ3v) is 4.59. The Bertz CT molecular complexity index is 960. The van der Waals surface area contributed by atoms with E-state index < -0.39 is 11.9 Å². The monoisotopic (exact) mass is 410 g/mol. The minimum absolute atomic E-state index is 0.0184. The minimum atomic E-state index is -2.90. The highest BCUT2D eigenvalue weighted by Gasteiger charge is 2.21. The van der Waals surface area contributed by atoms with E-state index in [1.807, 2.05) is 0 Å². The quantitative estimate of drug-likeness (QED) is 0.450. The molecule has 9 nitrogen and oxygen atoms in total. The Balaban J connectivity index is 1.67. The molecule has 0 saturated heterocycles. The maximum Gasteiger partial charge on any atom is 0.387 e. The van der Waals surface area contributed by atoms with E-state index in [4.69, 9.17) is 10.4 Å². The Labute approximate surface area is 162 Å². The van der Waals surface area contributed by atoms with Crippen LogP contribution in [0.25, 0.3) is 11.4 Å². The smallest absolute Gasteiger partial charge is 0.387 e. The third-order valence-electron chi connectivity index (χ3n) is 3.53. The zero-order chi connectivity index (χ0) is 20.3. The fraction of sp³-hybridized carbons (Fsp3) is 0.250. The number of hydrogen-bond donors (Lipinski definition) is 2. The number of anilines is 1. The van der Waals surface area contributed by atoms with E-state index in [1.165, 1.54) is 28.9 Å². The van der Waals surface area contributed by atoms with Crippen molar-refractivity contribution in [3.8, 4) is 17.1 Å². The van der Waals surface area contributed by atoms with E-state index in [1.54, 1.807) is 19.9 Å². The number of nitrogens with two attached hydrogens (primary N) is 1. The van der Waals surface area contributed by atoms with Gasteiger partial charge in [0.25, 0.3) is 0 Å². The summed E-state index contributed by atoms with van der Waals surface area (Å²) in [5, 5.41) is 14.1. The van der Waals surface area contributed by atoms with Gasteiger partial charge in [0, 0.05) is 11.6 Å². The van der Waals surface area contributed by atoms with Gasteiger partial charge in [-0.05, 0) is 38.1 Å². The second kappa shape index (κ2) is 8.25. The number of halogens is 2. The molecule has 1 atom stereocenters. The summed E-state index contributed by atoms with van der Waals surface area (Å²) in [6, 6.07) is 7.41. The lowest BCUT2D eigenvalue weighted by molar-refractivity contribution is -0.115. The molecule has 0 saturated carbocycles. The Morgan fingerprint density at radius 2 is 2.04 bits per heavy atom.